The summed E-state index contributed by atoms with van der Waals surface area (Å²) in [5.74, 6) is -2.81. The van der Waals surface area contributed by atoms with Crippen LogP contribution in [0.4, 0.5) is 13.2 Å². The zero-order chi connectivity index (χ0) is 13.8. The molecule has 1 aromatic rings. The summed E-state index contributed by atoms with van der Waals surface area (Å²) < 4.78 is 39.6. The molecule has 1 aliphatic rings. The zero-order valence-corrected chi connectivity index (χ0v) is 11.1. The van der Waals surface area contributed by atoms with Crippen molar-refractivity contribution in [1.82, 2.24) is 10.2 Å². The van der Waals surface area contributed by atoms with Gasteiger partial charge in [0.25, 0.3) is 0 Å². The van der Waals surface area contributed by atoms with Crippen molar-refractivity contribution < 1.29 is 13.2 Å². The minimum absolute atomic E-state index is 0.207. The van der Waals surface area contributed by atoms with E-state index < -0.39 is 17.5 Å². The van der Waals surface area contributed by atoms with E-state index in [1.165, 1.54) is 0 Å². The molecule has 106 valence electrons. The summed E-state index contributed by atoms with van der Waals surface area (Å²) in [6, 6.07) is 1.98. The first kappa shape index (κ1) is 14.3. The van der Waals surface area contributed by atoms with Crippen molar-refractivity contribution in [2.45, 2.75) is 32.4 Å². The summed E-state index contributed by atoms with van der Waals surface area (Å²) in [5.41, 5.74) is 0.207. The molecule has 0 amide bonds. The van der Waals surface area contributed by atoms with Gasteiger partial charge in [-0.05, 0) is 32.0 Å². The highest BCUT2D eigenvalue weighted by Crippen LogP contribution is 2.16. The van der Waals surface area contributed by atoms with E-state index in [4.69, 9.17) is 0 Å². The molecule has 0 radical (unpaired) electrons. The van der Waals surface area contributed by atoms with Crippen LogP contribution < -0.4 is 5.32 Å². The molecule has 0 aromatic heterocycles. The third-order valence-corrected chi connectivity index (χ3v) is 3.57. The molecule has 1 N–H and O–H groups in total. The summed E-state index contributed by atoms with van der Waals surface area (Å²) in [6.45, 7) is 4.84. The molecular weight excluding hydrogens is 253 g/mol. The number of rotatable bonds is 5. The molecular formula is C14H19F3N2. The lowest BCUT2D eigenvalue weighted by Gasteiger charge is -2.24. The summed E-state index contributed by atoms with van der Waals surface area (Å²) >= 11 is 0. The number of likely N-dealkylation sites (N-methyl/N-ethyl adjacent to an activating group) is 1. The number of hydrogen-bond donors (Lipinski definition) is 1. The van der Waals surface area contributed by atoms with Crippen LogP contribution in [0.5, 0.6) is 0 Å². The highest BCUT2D eigenvalue weighted by molar-refractivity contribution is 5.20. The first-order valence-electron chi connectivity index (χ1n) is 6.69. The van der Waals surface area contributed by atoms with Crippen molar-refractivity contribution in [3.8, 4) is 0 Å². The fraction of sp³-hybridized carbons (Fsp3) is 0.571. The SMILES string of the molecule is CCN(Cc1cc(F)c(F)cc1F)CC1CCCN1. The number of halogens is 3. The normalized spacial score (nSPS) is 19.3. The maximum absolute atomic E-state index is 13.6. The molecule has 1 aliphatic heterocycles. The Balaban J connectivity index is 2.02. The summed E-state index contributed by atoms with van der Waals surface area (Å²) in [7, 11) is 0. The van der Waals surface area contributed by atoms with Crippen molar-refractivity contribution in [3.05, 3.63) is 35.1 Å². The van der Waals surface area contributed by atoms with Crippen molar-refractivity contribution in [1.29, 1.82) is 0 Å². The molecule has 0 spiro atoms. The van der Waals surface area contributed by atoms with Gasteiger partial charge in [0.15, 0.2) is 11.6 Å². The quantitative estimate of drug-likeness (QED) is 0.829. The largest absolute Gasteiger partial charge is 0.313 e. The Bertz CT molecular complexity index is 431. The molecule has 1 unspecified atom stereocenters. The monoisotopic (exact) mass is 272 g/mol. The fourth-order valence-corrected chi connectivity index (χ4v) is 2.46. The minimum Gasteiger partial charge on any atom is -0.313 e. The molecule has 1 heterocycles. The van der Waals surface area contributed by atoms with E-state index >= 15 is 0 Å². The minimum atomic E-state index is -1.14. The van der Waals surface area contributed by atoms with Gasteiger partial charge in [-0.25, -0.2) is 13.2 Å². The fourth-order valence-electron chi connectivity index (χ4n) is 2.46. The van der Waals surface area contributed by atoms with Gasteiger partial charge in [-0.15, -0.1) is 0 Å². The molecule has 1 saturated heterocycles. The van der Waals surface area contributed by atoms with Crippen LogP contribution in [0.15, 0.2) is 12.1 Å². The van der Waals surface area contributed by atoms with Crippen LogP contribution in [0, 0.1) is 17.5 Å². The third-order valence-electron chi connectivity index (χ3n) is 3.57. The third kappa shape index (κ3) is 3.70. The van der Waals surface area contributed by atoms with E-state index in [9.17, 15) is 13.2 Å². The molecule has 0 bridgehead atoms. The Morgan fingerprint density at radius 1 is 1.21 bits per heavy atom. The van der Waals surface area contributed by atoms with E-state index in [-0.39, 0.29) is 5.56 Å². The highest BCUT2D eigenvalue weighted by Gasteiger charge is 2.18. The van der Waals surface area contributed by atoms with E-state index in [1.807, 2.05) is 11.8 Å². The Kier molecular flexibility index (Phi) is 4.82. The van der Waals surface area contributed by atoms with Gasteiger partial charge in [0.1, 0.15) is 5.82 Å². The Morgan fingerprint density at radius 3 is 2.58 bits per heavy atom. The van der Waals surface area contributed by atoms with E-state index in [0.717, 1.165) is 38.5 Å². The van der Waals surface area contributed by atoms with Gasteiger partial charge in [0, 0.05) is 30.8 Å². The maximum atomic E-state index is 13.6. The van der Waals surface area contributed by atoms with Crippen LogP contribution in [-0.4, -0.2) is 30.6 Å². The second kappa shape index (κ2) is 6.39. The zero-order valence-electron chi connectivity index (χ0n) is 11.1. The predicted molar refractivity (Wildman–Crippen MR) is 68.3 cm³/mol. The number of hydrogen-bond acceptors (Lipinski definition) is 2. The molecule has 2 rings (SSSR count). The van der Waals surface area contributed by atoms with Crippen LogP contribution in [-0.2, 0) is 6.54 Å². The van der Waals surface area contributed by atoms with Crippen LogP contribution in [0.1, 0.15) is 25.3 Å². The molecule has 2 nitrogen and oxygen atoms in total. The number of benzene rings is 1. The lowest BCUT2D eigenvalue weighted by Crippen LogP contribution is -2.37. The van der Waals surface area contributed by atoms with Gasteiger partial charge in [0.05, 0.1) is 0 Å². The summed E-state index contributed by atoms with van der Waals surface area (Å²) in [5, 5.41) is 3.37. The van der Waals surface area contributed by atoms with Gasteiger partial charge < -0.3 is 5.32 Å². The van der Waals surface area contributed by atoms with Crippen molar-refractivity contribution in [2.24, 2.45) is 0 Å². The van der Waals surface area contributed by atoms with Gasteiger partial charge in [-0.2, -0.15) is 0 Å². The highest BCUT2D eigenvalue weighted by atomic mass is 19.2. The van der Waals surface area contributed by atoms with Crippen molar-refractivity contribution in [3.63, 3.8) is 0 Å². The standard InChI is InChI=1S/C14H19F3N2/c1-2-19(9-11-4-3-5-18-11)8-10-6-13(16)14(17)7-12(10)15/h6-7,11,18H,2-5,8-9H2,1H3. The summed E-state index contributed by atoms with van der Waals surface area (Å²) in [4.78, 5) is 2.04. The van der Waals surface area contributed by atoms with Gasteiger partial charge >= 0.3 is 0 Å². The predicted octanol–water partition coefficient (Wildman–Crippen LogP) is 2.68. The second-order valence-electron chi connectivity index (χ2n) is 4.98. The van der Waals surface area contributed by atoms with Crippen LogP contribution in [0.3, 0.4) is 0 Å². The van der Waals surface area contributed by atoms with Gasteiger partial charge in [0.2, 0.25) is 0 Å². The average Bonchev–Trinajstić information content (AvgIpc) is 2.87. The van der Waals surface area contributed by atoms with Crippen LogP contribution in [0.2, 0.25) is 0 Å². The Labute approximate surface area is 111 Å². The average molecular weight is 272 g/mol. The van der Waals surface area contributed by atoms with E-state index in [0.29, 0.717) is 18.7 Å². The maximum Gasteiger partial charge on any atom is 0.161 e. The Morgan fingerprint density at radius 2 is 1.95 bits per heavy atom. The second-order valence-corrected chi connectivity index (χ2v) is 4.98. The topological polar surface area (TPSA) is 15.3 Å². The van der Waals surface area contributed by atoms with Crippen molar-refractivity contribution in [2.75, 3.05) is 19.6 Å². The lowest BCUT2D eigenvalue weighted by molar-refractivity contribution is 0.249. The molecule has 19 heavy (non-hydrogen) atoms. The van der Waals surface area contributed by atoms with E-state index in [2.05, 4.69) is 5.32 Å². The molecule has 0 aliphatic carbocycles. The van der Waals surface area contributed by atoms with Crippen LogP contribution in [0.25, 0.3) is 0 Å². The lowest BCUT2D eigenvalue weighted by atomic mass is 10.1. The summed E-state index contributed by atoms with van der Waals surface area (Å²) in [6.07, 6.45) is 2.26. The smallest absolute Gasteiger partial charge is 0.161 e. The van der Waals surface area contributed by atoms with Gasteiger partial charge in [-0.3, -0.25) is 4.90 Å². The van der Waals surface area contributed by atoms with Crippen molar-refractivity contribution >= 4 is 0 Å². The number of nitrogens with zero attached hydrogens (tertiary/aromatic N) is 1. The van der Waals surface area contributed by atoms with Crippen LogP contribution >= 0.6 is 0 Å². The number of nitrogens with one attached hydrogen (secondary N) is 1. The molecule has 1 fully saturated rings. The molecule has 0 saturated carbocycles. The first-order valence-corrected chi connectivity index (χ1v) is 6.69. The van der Waals surface area contributed by atoms with Gasteiger partial charge in [-0.1, -0.05) is 6.92 Å². The Hall–Kier alpha value is -1.07. The molecule has 1 aromatic carbocycles. The first-order chi connectivity index (χ1) is 9.10. The van der Waals surface area contributed by atoms with E-state index in [1.54, 1.807) is 0 Å². The molecule has 5 heteroatoms. The molecule has 1 atom stereocenters.